The molecule has 19 nitrogen and oxygen atoms in total. The number of ether oxygens (including phenoxy) is 17. The molecule has 62 heavy (non-hydrogen) atoms. The van der Waals surface area contributed by atoms with Gasteiger partial charge in [-0.3, -0.25) is 0 Å². The van der Waals surface area contributed by atoms with E-state index in [0.29, 0.717) is 178 Å². The number of hydrogen-bond donors (Lipinski definition) is 0. The molecule has 3 unspecified atom stereocenters. The molecular weight excluding hydrogens is 818 g/mol. The predicted octanol–water partition coefficient (Wildman–Crippen LogP) is 3.88. The molecule has 0 spiro atoms. The zero-order valence-electron chi connectivity index (χ0n) is 38.4. The van der Waals surface area contributed by atoms with Gasteiger partial charge < -0.3 is 80.5 Å². The first-order chi connectivity index (χ1) is 30.8. The molecule has 1 aliphatic carbocycles. The Morgan fingerprint density at radius 1 is 0.306 bits per heavy atom. The highest BCUT2D eigenvalue weighted by molar-refractivity contribution is 4.81. The lowest BCUT2D eigenvalue weighted by atomic mass is 9.92. The van der Waals surface area contributed by atoms with Gasteiger partial charge in [-0.15, -0.1) is 0 Å². The summed E-state index contributed by atoms with van der Waals surface area (Å²) in [6.45, 7) is 19.2. The maximum absolute atomic E-state index is 10.0. The van der Waals surface area contributed by atoms with Gasteiger partial charge in [0.1, 0.15) is 13.3 Å². The van der Waals surface area contributed by atoms with Crippen molar-refractivity contribution in [2.45, 2.75) is 77.1 Å². The molecular formula is C43H85NO18. The van der Waals surface area contributed by atoms with Crippen LogP contribution in [0.15, 0.2) is 5.18 Å². The molecule has 19 heteroatoms. The minimum absolute atomic E-state index is 0.0291. The predicted molar refractivity (Wildman–Crippen MR) is 230 cm³/mol. The fourth-order valence-electron chi connectivity index (χ4n) is 5.57. The first-order valence-electron chi connectivity index (χ1n) is 23.0. The van der Waals surface area contributed by atoms with Crippen molar-refractivity contribution >= 4 is 0 Å². The first-order valence-corrected chi connectivity index (χ1v) is 23.0. The first kappa shape index (κ1) is 58.9. The van der Waals surface area contributed by atoms with Gasteiger partial charge in [-0.05, 0) is 32.1 Å². The summed E-state index contributed by atoms with van der Waals surface area (Å²) in [5.41, 5.74) is 0. The van der Waals surface area contributed by atoms with E-state index in [-0.39, 0.29) is 31.6 Å². The summed E-state index contributed by atoms with van der Waals surface area (Å²) in [7, 11) is 0. The smallest absolute Gasteiger partial charge is 0.146 e. The van der Waals surface area contributed by atoms with E-state index in [4.69, 9.17) is 80.5 Å². The third kappa shape index (κ3) is 44.1. The van der Waals surface area contributed by atoms with Crippen molar-refractivity contribution < 1.29 is 80.5 Å². The number of unbranched alkanes of at least 4 members (excludes halogenated alkanes) is 2. The van der Waals surface area contributed by atoms with Crippen LogP contribution < -0.4 is 0 Å². The molecule has 0 saturated heterocycles. The number of hydrogen-bond acceptors (Lipinski definition) is 19. The summed E-state index contributed by atoms with van der Waals surface area (Å²) in [4.78, 5) is 10.0. The zero-order valence-corrected chi connectivity index (χ0v) is 38.4. The Kier molecular flexibility index (Phi) is 48.4. The van der Waals surface area contributed by atoms with E-state index in [2.05, 4.69) is 19.0 Å². The van der Waals surface area contributed by atoms with E-state index in [0.717, 1.165) is 58.2 Å². The van der Waals surface area contributed by atoms with Gasteiger partial charge in [-0.2, -0.15) is 4.91 Å². The van der Waals surface area contributed by atoms with Gasteiger partial charge >= 0.3 is 0 Å². The molecule has 0 heterocycles. The topological polar surface area (TPSA) is 186 Å². The second-order valence-corrected chi connectivity index (χ2v) is 14.0. The molecule has 1 fully saturated rings. The second-order valence-electron chi connectivity index (χ2n) is 14.0. The van der Waals surface area contributed by atoms with Crippen LogP contribution in [0.2, 0.25) is 0 Å². The summed E-state index contributed by atoms with van der Waals surface area (Å²) in [5.74, 6) is 0. The van der Waals surface area contributed by atoms with Gasteiger partial charge in [0.25, 0.3) is 0 Å². The number of nitrogens with zero attached hydrogens (tertiary/aromatic N) is 1. The van der Waals surface area contributed by atoms with Crippen LogP contribution in [0.3, 0.4) is 0 Å². The van der Waals surface area contributed by atoms with Gasteiger partial charge in [-0.1, -0.05) is 31.9 Å². The lowest BCUT2D eigenvalue weighted by Gasteiger charge is -2.34. The Morgan fingerprint density at radius 3 is 0.806 bits per heavy atom. The molecule has 3 atom stereocenters. The molecule has 0 aromatic heterocycles. The standard InChI is InChI=1S/C43H85NO18/c1-3-5-8-46-11-14-49-17-19-52-21-22-54-26-28-57-32-35-61-42-37-41(60-34-31-56-27-25-53-20-18-51-16-13-48-10-7-44-45)38-43(39-42)62-36-33-59-40-58-30-29-55-24-23-50-15-12-47-9-6-4-2/h41-43H,3-40H2,1-2H3. The second kappa shape index (κ2) is 50.9. The van der Waals surface area contributed by atoms with Gasteiger partial charge in [-0.25, -0.2) is 0 Å². The Morgan fingerprint density at radius 2 is 0.532 bits per heavy atom. The molecule has 1 aliphatic rings. The average Bonchev–Trinajstić information content (AvgIpc) is 3.28. The normalized spacial score (nSPS) is 16.7. The molecule has 0 aliphatic heterocycles. The monoisotopic (exact) mass is 904 g/mol. The van der Waals surface area contributed by atoms with Crippen LogP contribution in [0.25, 0.3) is 0 Å². The van der Waals surface area contributed by atoms with Crippen LogP contribution in [0.1, 0.15) is 58.8 Å². The highest BCUT2D eigenvalue weighted by Crippen LogP contribution is 2.26. The van der Waals surface area contributed by atoms with Crippen LogP contribution in [0, 0.1) is 4.91 Å². The third-order valence-electron chi connectivity index (χ3n) is 8.82. The zero-order chi connectivity index (χ0) is 44.3. The van der Waals surface area contributed by atoms with Crippen LogP contribution >= 0.6 is 0 Å². The fraction of sp³-hybridized carbons (Fsp3) is 1.00. The van der Waals surface area contributed by atoms with E-state index in [9.17, 15) is 4.91 Å². The Bertz CT molecular complexity index is 872. The molecule has 0 amide bonds. The number of nitroso groups, excluding NO2 is 1. The minimum atomic E-state index is -0.0362. The molecule has 1 rings (SSSR count). The van der Waals surface area contributed by atoms with Gasteiger partial charge in [0, 0.05) is 13.2 Å². The quantitative estimate of drug-likeness (QED) is 0.0486. The molecule has 1 saturated carbocycles. The lowest BCUT2D eigenvalue weighted by molar-refractivity contribution is -0.126. The van der Waals surface area contributed by atoms with Gasteiger partial charge in [0.15, 0.2) is 0 Å². The Hall–Kier alpha value is -1.08. The molecule has 0 bridgehead atoms. The highest BCUT2D eigenvalue weighted by Gasteiger charge is 2.30. The molecule has 370 valence electrons. The van der Waals surface area contributed by atoms with E-state index < -0.39 is 0 Å². The van der Waals surface area contributed by atoms with Crippen molar-refractivity contribution in [1.29, 1.82) is 0 Å². The van der Waals surface area contributed by atoms with Crippen LogP contribution in [-0.4, -0.2) is 223 Å². The maximum atomic E-state index is 10.0. The summed E-state index contributed by atoms with van der Waals surface area (Å²) in [5, 5.41) is 2.74. The molecule has 0 aromatic carbocycles. The lowest BCUT2D eigenvalue weighted by Crippen LogP contribution is -2.38. The summed E-state index contributed by atoms with van der Waals surface area (Å²) < 4.78 is 95.9. The third-order valence-corrected chi connectivity index (χ3v) is 8.82. The Balaban J connectivity index is 2.18. The van der Waals surface area contributed by atoms with Crippen LogP contribution in [-0.2, 0) is 80.5 Å². The van der Waals surface area contributed by atoms with Crippen LogP contribution in [0.5, 0.6) is 0 Å². The van der Waals surface area contributed by atoms with E-state index in [1.54, 1.807) is 0 Å². The van der Waals surface area contributed by atoms with Crippen LogP contribution in [0.4, 0.5) is 0 Å². The molecule has 0 aromatic rings. The van der Waals surface area contributed by atoms with Crippen molar-refractivity contribution in [3.05, 3.63) is 4.91 Å². The van der Waals surface area contributed by atoms with E-state index in [1.807, 2.05) is 0 Å². The van der Waals surface area contributed by atoms with Crippen molar-refractivity contribution in [2.24, 2.45) is 5.18 Å². The average molecular weight is 904 g/mol. The van der Waals surface area contributed by atoms with Gasteiger partial charge in [0.2, 0.25) is 0 Å². The SMILES string of the molecule is CCCCOCCOCCOCCOCCOCCOC1CC(OCCOCCOCCOCCOCCN=O)CC(OCCOCOCCOCCOCCOCCCC)C1. The van der Waals surface area contributed by atoms with Crippen molar-refractivity contribution in [1.82, 2.24) is 0 Å². The number of rotatable bonds is 53. The van der Waals surface area contributed by atoms with E-state index >= 15 is 0 Å². The summed E-state index contributed by atoms with van der Waals surface area (Å²) in [6, 6.07) is 0. The minimum Gasteiger partial charge on any atom is -0.379 e. The van der Waals surface area contributed by atoms with E-state index in [1.165, 1.54) is 0 Å². The van der Waals surface area contributed by atoms with Crippen molar-refractivity contribution in [2.75, 3.05) is 205 Å². The largest absolute Gasteiger partial charge is 0.379 e. The summed E-state index contributed by atoms with van der Waals surface area (Å²) in [6.07, 6.45) is 6.59. The molecule has 0 radical (unpaired) electrons. The highest BCUT2D eigenvalue weighted by atomic mass is 16.7. The fourth-order valence-corrected chi connectivity index (χ4v) is 5.57. The van der Waals surface area contributed by atoms with Crippen molar-refractivity contribution in [3.8, 4) is 0 Å². The van der Waals surface area contributed by atoms with Crippen molar-refractivity contribution in [3.63, 3.8) is 0 Å². The Labute approximate surface area is 372 Å². The summed E-state index contributed by atoms with van der Waals surface area (Å²) >= 11 is 0. The molecule has 0 N–H and O–H groups in total. The maximum Gasteiger partial charge on any atom is 0.146 e. The van der Waals surface area contributed by atoms with Gasteiger partial charge in [0.05, 0.1) is 197 Å².